The standard InChI is InChI=1S/C12H22N2O/c1-4-7-8-10-13-11-9-12(15)14(5-2)6-3/h13H,5-6,8-11H2,1-3H3. The lowest BCUT2D eigenvalue weighted by atomic mass is 10.3. The van der Waals surface area contributed by atoms with Crippen LogP contribution < -0.4 is 5.32 Å². The number of rotatable bonds is 7. The minimum Gasteiger partial charge on any atom is -0.343 e. The van der Waals surface area contributed by atoms with Gasteiger partial charge in [-0.1, -0.05) is 0 Å². The normalized spacial score (nSPS) is 9.27. The van der Waals surface area contributed by atoms with Crippen molar-refractivity contribution >= 4 is 5.91 Å². The molecule has 0 bridgehead atoms. The van der Waals surface area contributed by atoms with Crippen molar-refractivity contribution < 1.29 is 4.79 Å². The van der Waals surface area contributed by atoms with Crippen molar-refractivity contribution in [2.75, 3.05) is 26.2 Å². The van der Waals surface area contributed by atoms with Gasteiger partial charge in [0.25, 0.3) is 0 Å². The maximum Gasteiger partial charge on any atom is 0.223 e. The number of carbonyl (C=O) groups is 1. The van der Waals surface area contributed by atoms with E-state index in [0.29, 0.717) is 6.42 Å². The second-order valence-electron chi connectivity index (χ2n) is 3.24. The molecule has 0 radical (unpaired) electrons. The second-order valence-corrected chi connectivity index (χ2v) is 3.24. The lowest BCUT2D eigenvalue weighted by Crippen LogP contribution is -2.33. The van der Waals surface area contributed by atoms with Gasteiger partial charge in [0.2, 0.25) is 5.91 Å². The highest BCUT2D eigenvalue weighted by Crippen LogP contribution is 1.92. The summed E-state index contributed by atoms with van der Waals surface area (Å²) < 4.78 is 0. The topological polar surface area (TPSA) is 32.3 Å². The monoisotopic (exact) mass is 210 g/mol. The Balaban J connectivity index is 3.48. The third-order valence-corrected chi connectivity index (χ3v) is 2.24. The Morgan fingerprint density at radius 2 is 1.93 bits per heavy atom. The molecule has 0 saturated carbocycles. The van der Waals surface area contributed by atoms with Crippen molar-refractivity contribution in [3.05, 3.63) is 0 Å². The van der Waals surface area contributed by atoms with Crippen molar-refractivity contribution in [1.82, 2.24) is 10.2 Å². The molecular weight excluding hydrogens is 188 g/mol. The molecule has 86 valence electrons. The highest BCUT2D eigenvalue weighted by atomic mass is 16.2. The molecule has 3 heteroatoms. The third kappa shape index (κ3) is 6.98. The molecule has 0 aromatic rings. The predicted octanol–water partition coefficient (Wildman–Crippen LogP) is 1.25. The van der Waals surface area contributed by atoms with Gasteiger partial charge in [-0.3, -0.25) is 4.79 Å². The molecule has 0 atom stereocenters. The lowest BCUT2D eigenvalue weighted by Gasteiger charge is -2.18. The maximum atomic E-state index is 11.6. The van der Waals surface area contributed by atoms with Gasteiger partial charge in [-0.15, -0.1) is 11.8 Å². The number of hydrogen-bond donors (Lipinski definition) is 1. The molecule has 1 amide bonds. The fourth-order valence-corrected chi connectivity index (χ4v) is 1.33. The van der Waals surface area contributed by atoms with Crippen LogP contribution in [-0.2, 0) is 4.79 Å². The first-order valence-corrected chi connectivity index (χ1v) is 5.64. The van der Waals surface area contributed by atoms with Crippen molar-refractivity contribution in [2.45, 2.75) is 33.6 Å². The van der Waals surface area contributed by atoms with Crippen LogP contribution in [0.25, 0.3) is 0 Å². The van der Waals surface area contributed by atoms with Gasteiger partial charge in [0, 0.05) is 39.0 Å². The Kier molecular flexibility index (Phi) is 8.90. The van der Waals surface area contributed by atoms with E-state index in [9.17, 15) is 4.79 Å². The molecule has 15 heavy (non-hydrogen) atoms. The van der Waals surface area contributed by atoms with E-state index in [0.717, 1.165) is 32.6 Å². The first-order valence-electron chi connectivity index (χ1n) is 5.64. The fraction of sp³-hybridized carbons (Fsp3) is 0.750. The zero-order chi connectivity index (χ0) is 11.5. The summed E-state index contributed by atoms with van der Waals surface area (Å²) in [7, 11) is 0. The number of nitrogens with one attached hydrogen (secondary N) is 1. The van der Waals surface area contributed by atoms with Gasteiger partial charge in [-0.25, -0.2) is 0 Å². The highest BCUT2D eigenvalue weighted by Gasteiger charge is 2.07. The van der Waals surface area contributed by atoms with E-state index in [1.807, 2.05) is 25.7 Å². The SMILES string of the molecule is CC#CCCNCCC(=O)N(CC)CC. The van der Waals surface area contributed by atoms with Gasteiger partial charge in [0.1, 0.15) is 0 Å². The van der Waals surface area contributed by atoms with Crippen molar-refractivity contribution in [1.29, 1.82) is 0 Å². The van der Waals surface area contributed by atoms with E-state index in [2.05, 4.69) is 17.2 Å². The van der Waals surface area contributed by atoms with Crippen molar-refractivity contribution in [3.8, 4) is 11.8 Å². The molecule has 0 unspecified atom stereocenters. The van der Waals surface area contributed by atoms with E-state index < -0.39 is 0 Å². The van der Waals surface area contributed by atoms with Crippen LogP contribution in [0.5, 0.6) is 0 Å². The summed E-state index contributed by atoms with van der Waals surface area (Å²) in [5.74, 6) is 6.04. The Bertz CT molecular complexity index is 224. The number of carbonyl (C=O) groups excluding carboxylic acids is 1. The molecule has 0 aliphatic heterocycles. The molecule has 0 aliphatic carbocycles. The van der Waals surface area contributed by atoms with E-state index in [-0.39, 0.29) is 5.91 Å². The van der Waals surface area contributed by atoms with Crippen LogP contribution in [0.3, 0.4) is 0 Å². The summed E-state index contributed by atoms with van der Waals surface area (Å²) in [6.45, 7) is 9.07. The Morgan fingerprint density at radius 3 is 2.47 bits per heavy atom. The predicted molar refractivity (Wildman–Crippen MR) is 63.5 cm³/mol. The Morgan fingerprint density at radius 1 is 1.27 bits per heavy atom. The van der Waals surface area contributed by atoms with Crippen LogP contribution in [-0.4, -0.2) is 37.0 Å². The average Bonchev–Trinajstić information content (AvgIpc) is 2.25. The van der Waals surface area contributed by atoms with E-state index in [1.54, 1.807) is 0 Å². The smallest absolute Gasteiger partial charge is 0.223 e. The van der Waals surface area contributed by atoms with Crippen molar-refractivity contribution in [2.24, 2.45) is 0 Å². The van der Waals surface area contributed by atoms with Crippen LogP contribution >= 0.6 is 0 Å². The molecule has 0 spiro atoms. The third-order valence-electron chi connectivity index (χ3n) is 2.24. The zero-order valence-corrected chi connectivity index (χ0v) is 10.1. The first-order chi connectivity index (χ1) is 7.26. The summed E-state index contributed by atoms with van der Waals surface area (Å²) in [5.41, 5.74) is 0. The summed E-state index contributed by atoms with van der Waals surface area (Å²) >= 11 is 0. The lowest BCUT2D eigenvalue weighted by molar-refractivity contribution is -0.130. The minimum absolute atomic E-state index is 0.231. The van der Waals surface area contributed by atoms with Gasteiger partial charge in [0.05, 0.1) is 0 Å². The maximum absolute atomic E-state index is 11.6. The minimum atomic E-state index is 0.231. The van der Waals surface area contributed by atoms with Crippen LogP contribution in [0.1, 0.15) is 33.6 Å². The summed E-state index contributed by atoms with van der Waals surface area (Å²) in [6.07, 6.45) is 1.44. The molecular formula is C12H22N2O. The molecule has 3 nitrogen and oxygen atoms in total. The molecule has 0 rings (SSSR count). The Hall–Kier alpha value is -1.01. The largest absolute Gasteiger partial charge is 0.343 e. The van der Waals surface area contributed by atoms with Crippen molar-refractivity contribution in [3.63, 3.8) is 0 Å². The molecule has 0 fully saturated rings. The average molecular weight is 210 g/mol. The van der Waals surface area contributed by atoms with Gasteiger partial charge < -0.3 is 10.2 Å². The van der Waals surface area contributed by atoms with Gasteiger partial charge in [-0.2, -0.15) is 0 Å². The number of hydrogen-bond acceptors (Lipinski definition) is 2. The summed E-state index contributed by atoms with van der Waals surface area (Å²) in [4.78, 5) is 13.4. The van der Waals surface area contributed by atoms with E-state index in [4.69, 9.17) is 0 Å². The van der Waals surface area contributed by atoms with Crippen LogP contribution in [0.4, 0.5) is 0 Å². The van der Waals surface area contributed by atoms with E-state index >= 15 is 0 Å². The summed E-state index contributed by atoms with van der Waals surface area (Å²) in [5, 5.41) is 3.20. The quantitative estimate of drug-likeness (QED) is 0.506. The molecule has 1 N–H and O–H groups in total. The van der Waals surface area contributed by atoms with Gasteiger partial charge >= 0.3 is 0 Å². The number of amides is 1. The molecule has 0 saturated heterocycles. The van der Waals surface area contributed by atoms with Crippen LogP contribution in [0.15, 0.2) is 0 Å². The summed E-state index contributed by atoms with van der Waals surface area (Å²) in [6, 6.07) is 0. The van der Waals surface area contributed by atoms with E-state index in [1.165, 1.54) is 0 Å². The Labute approximate surface area is 93.2 Å². The molecule has 0 aromatic carbocycles. The second kappa shape index (κ2) is 9.54. The zero-order valence-electron chi connectivity index (χ0n) is 10.1. The molecule has 0 heterocycles. The number of nitrogens with zero attached hydrogens (tertiary/aromatic N) is 1. The van der Waals surface area contributed by atoms with Gasteiger partial charge in [-0.05, 0) is 20.8 Å². The highest BCUT2D eigenvalue weighted by molar-refractivity contribution is 5.76. The molecule has 0 aromatic heterocycles. The van der Waals surface area contributed by atoms with Crippen LogP contribution in [0, 0.1) is 11.8 Å². The van der Waals surface area contributed by atoms with Crippen LogP contribution in [0.2, 0.25) is 0 Å². The van der Waals surface area contributed by atoms with Gasteiger partial charge in [0.15, 0.2) is 0 Å². The molecule has 0 aliphatic rings. The fourth-order valence-electron chi connectivity index (χ4n) is 1.33. The first kappa shape index (κ1) is 14.0.